The number of phosphoric ester groups is 1. The normalized spacial score (nSPS) is 13.7. The van der Waals surface area contributed by atoms with Gasteiger partial charge in [0, 0.05) is 12.8 Å². The van der Waals surface area contributed by atoms with Gasteiger partial charge in [0.1, 0.15) is 6.61 Å². The van der Waals surface area contributed by atoms with Gasteiger partial charge in [-0.05, 0) is 64.7 Å². The molecule has 0 aliphatic rings. The lowest BCUT2D eigenvalue weighted by Gasteiger charge is -2.19. The Morgan fingerprint density at radius 3 is 1.46 bits per heavy atom. The zero-order valence-electron chi connectivity index (χ0n) is 31.1. The van der Waals surface area contributed by atoms with Crippen LogP contribution in [-0.2, 0) is 32.7 Å². The molecular formula is C39H73O8P. The Morgan fingerprint density at radius 1 is 0.542 bits per heavy atom. The monoisotopic (exact) mass is 701 g/mol. The van der Waals surface area contributed by atoms with Crippen molar-refractivity contribution >= 4 is 19.8 Å². The van der Waals surface area contributed by atoms with Crippen LogP contribution in [0.25, 0.3) is 0 Å². The molecule has 0 heterocycles. The highest BCUT2D eigenvalue weighted by Gasteiger charge is 2.25. The summed E-state index contributed by atoms with van der Waals surface area (Å²) in [5, 5.41) is 0. The van der Waals surface area contributed by atoms with Crippen molar-refractivity contribution in [1.82, 2.24) is 0 Å². The molecule has 0 aromatic heterocycles. The van der Waals surface area contributed by atoms with Crippen LogP contribution < -0.4 is 0 Å². The average Bonchev–Trinajstić information content (AvgIpc) is 3.06. The Hall–Kier alpha value is -1.47. The third kappa shape index (κ3) is 34.4. The highest BCUT2D eigenvalue weighted by molar-refractivity contribution is 7.47. The molecular weight excluding hydrogens is 627 g/mol. The predicted octanol–water partition coefficient (Wildman–Crippen LogP) is 11.9. The minimum absolute atomic E-state index is 0.000812. The first-order chi connectivity index (χ1) is 23.3. The van der Waals surface area contributed by atoms with E-state index in [1.54, 1.807) is 6.92 Å². The summed E-state index contributed by atoms with van der Waals surface area (Å²) in [5.41, 5.74) is 0. The van der Waals surface area contributed by atoms with Gasteiger partial charge >= 0.3 is 19.8 Å². The van der Waals surface area contributed by atoms with Crippen molar-refractivity contribution in [2.45, 2.75) is 194 Å². The van der Waals surface area contributed by atoms with E-state index in [2.05, 4.69) is 38.2 Å². The van der Waals surface area contributed by atoms with Crippen LogP contribution in [-0.4, -0.2) is 42.8 Å². The van der Waals surface area contributed by atoms with Crippen LogP contribution in [0.4, 0.5) is 0 Å². The Bertz CT molecular complexity index is 844. The lowest BCUT2D eigenvalue weighted by atomic mass is 10.1. The minimum Gasteiger partial charge on any atom is -0.462 e. The van der Waals surface area contributed by atoms with Crippen molar-refractivity contribution in [2.75, 3.05) is 19.8 Å². The fourth-order valence-electron chi connectivity index (χ4n) is 5.33. The average molecular weight is 701 g/mol. The first kappa shape index (κ1) is 46.5. The van der Waals surface area contributed by atoms with E-state index in [0.29, 0.717) is 6.42 Å². The molecule has 0 rings (SSSR count). The summed E-state index contributed by atoms with van der Waals surface area (Å²) in [5.74, 6) is -0.813. The molecule has 2 unspecified atom stereocenters. The maximum Gasteiger partial charge on any atom is 0.472 e. The number of carbonyl (C=O) groups excluding carboxylic acids is 2. The molecule has 282 valence electrons. The van der Waals surface area contributed by atoms with Crippen LogP contribution >= 0.6 is 7.82 Å². The van der Waals surface area contributed by atoms with Gasteiger partial charge in [-0.15, -0.1) is 0 Å². The van der Waals surface area contributed by atoms with Crippen molar-refractivity contribution in [2.24, 2.45) is 0 Å². The summed E-state index contributed by atoms with van der Waals surface area (Å²) in [7, 11) is -4.27. The molecule has 0 aromatic carbocycles. The first-order valence-electron chi connectivity index (χ1n) is 19.6. The number of allylic oxidation sites excluding steroid dienone is 4. The number of rotatable bonds is 36. The second kappa shape index (κ2) is 35.4. The Kier molecular flexibility index (Phi) is 34.3. The van der Waals surface area contributed by atoms with Crippen molar-refractivity contribution in [3.8, 4) is 0 Å². The molecule has 0 aliphatic carbocycles. The third-order valence-electron chi connectivity index (χ3n) is 8.21. The fraction of sp³-hybridized carbons (Fsp3) is 0.846. The van der Waals surface area contributed by atoms with E-state index in [-0.39, 0.29) is 32.0 Å². The Balaban J connectivity index is 4.10. The van der Waals surface area contributed by atoms with Crippen LogP contribution in [0.5, 0.6) is 0 Å². The largest absolute Gasteiger partial charge is 0.472 e. The fourth-order valence-corrected chi connectivity index (χ4v) is 6.09. The van der Waals surface area contributed by atoms with Crippen molar-refractivity contribution in [3.63, 3.8) is 0 Å². The minimum atomic E-state index is -4.27. The number of hydrogen-bond donors (Lipinski definition) is 1. The van der Waals surface area contributed by atoms with Crippen molar-refractivity contribution in [3.05, 3.63) is 24.3 Å². The van der Waals surface area contributed by atoms with Gasteiger partial charge in [-0.1, -0.05) is 134 Å². The summed E-state index contributed by atoms with van der Waals surface area (Å²) in [6.07, 6.45) is 36.6. The highest BCUT2D eigenvalue weighted by atomic mass is 31.2. The Morgan fingerprint density at radius 2 is 0.979 bits per heavy atom. The van der Waals surface area contributed by atoms with Gasteiger partial charge in [-0.25, -0.2) is 4.57 Å². The second-order valence-electron chi connectivity index (χ2n) is 12.9. The number of esters is 2. The molecule has 0 spiro atoms. The van der Waals surface area contributed by atoms with Gasteiger partial charge in [0.2, 0.25) is 0 Å². The SMILES string of the molecule is CCC/C=C\CCCCCCCC(=O)OCC(COP(=O)(O)OCC)OC(=O)CCCCCCCCC/C=C\CCCCCCCCC. The molecule has 0 saturated carbocycles. The zero-order valence-corrected chi connectivity index (χ0v) is 32.0. The van der Waals surface area contributed by atoms with Gasteiger partial charge in [0.15, 0.2) is 6.10 Å². The molecule has 2 atom stereocenters. The van der Waals surface area contributed by atoms with E-state index in [1.807, 2.05) is 0 Å². The van der Waals surface area contributed by atoms with Gasteiger partial charge in [0.05, 0.1) is 13.2 Å². The molecule has 0 bridgehead atoms. The van der Waals surface area contributed by atoms with Crippen LogP contribution in [0.15, 0.2) is 24.3 Å². The number of carbonyl (C=O) groups is 2. The van der Waals surface area contributed by atoms with E-state index in [4.69, 9.17) is 18.5 Å². The summed E-state index contributed by atoms with van der Waals surface area (Å²) >= 11 is 0. The lowest BCUT2D eigenvalue weighted by molar-refractivity contribution is -0.161. The van der Waals surface area contributed by atoms with Crippen molar-refractivity contribution in [1.29, 1.82) is 0 Å². The summed E-state index contributed by atoms with van der Waals surface area (Å²) in [6, 6.07) is 0. The quantitative estimate of drug-likeness (QED) is 0.0298. The molecule has 0 amide bonds. The second-order valence-corrected chi connectivity index (χ2v) is 14.4. The molecule has 0 aliphatic heterocycles. The zero-order chi connectivity index (χ0) is 35.4. The predicted molar refractivity (Wildman–Crippen MR) is 198 cm³/mol. The molecule has 1 N–H and O–H groups in total. The van der Waals surface area contributed by atoms with Gasteiger partial charge in [-0.3, -0.25) is 18.6 Å². The lowest BCUT2D eigenvalue weighted by Crippen LogP contribution is -2.29. The maximum atomic E-state index is 12.5. The smallest absolute Gasteiger partial charge is 0.462 e. The summed E-state index contributed by atoms with van der Waals surface area (Å²) < 4.78 is 32.5. The van der Waals surface area contributed by atoms with Crippen LogP contribution in [0.2, 0.25) is 0 Å². The highest BCUT2D eigenvalue weighted by Crippen LogP contribution is 2.43. The molecule has 0 radical (unpaired) electrons. The van der Waals surface area contributed by atoms with E-state index < -0.39 is 26.5 Å². The Labute approximate surface area is 294 Å². The van der Waals surface area contributed by atoms with E-state index in [9.17, 15) is 19.0 Å². The first-order valence-corrected chi connectivity index (χ1v) is 21.1. The molecule has 8 nitrogen and oxygen atoms in total. The number of hydrogen-bond acceptors (Lipinski definition) is 7. The number of ether oxygens (including phenoxy) is 2. The van der Waals surface area contributed by atoms with Gasteiger partial charge in [-0.2, -0.15) is 0 Å². The van der Waals surface area contributed by atoms with Crippen LogP contribution in [0.1, 0.15) is 188 Å². The van der Waals surface area contributed by atoms with Crippen LogP contribution in [0, 0.1) is 0 Å². The molecule has 48 heavy (non-hydrogen) atoms. The van der Waals surface area contributed by atoms with Crippen LogP contribution in [0.3, 0.4) is 0 Å². The molecule has 9 heteroatoms. The number of unbranched alkanes of at least 4 members (excludes halogenated alkanes) is 20. The maximum absolute atomic E-state index is 12.5. The van der Waals surface area contributed by atoms with E-state index >= 15 is 0 Å². The van der Waals surface area contributed by atoms with Gasteiger partial charge < -0.3 is 14.4 Å². The molecule has 0 aromatic rings. The standard InChI is InChI=1S/C39H73O8P/c1-4-7-9-11-13-15-17-18-19-20-21-22-23-24-26-28-30-32-34-39(41)47-37(36-46-48(42,43)45-6-3)35-44-38(40)33-31-29-27-25-16-14-12-10-8-5-2/h10,12,19-20,37H,4-9,11,13-18,21-36H2,1-3H3,(H,42,43)/b12-10-,20-19-. The third-order valence-corrected chi connectivity index (χ3v) is 9.27. The topological polar surface area (TPSA) is 108 Å². The van der Waals surface area contributed by atoms with E-state index in [1.165, 1.54) is 77.0 Å². The van der Waals surface area contributed by atoms with Crippen molar-refractivity contribution < 1.29 is 37.6 Å². The molecule has 0 saturated heterocycles. The summed E-state index contributed by atoms with van der Waals surface area (Å²) in [6.45, 7) is 5.39. The molecule has 0 fully saturated rings. The van der Waals surface area contributed by atoms with Gasteiger partial charge in [0.25, 0.3) is 0 Å². The number of phosphoric acid groups is 1. The van der Waals surface area contributed by atoms with E-state index in [0.717, 1.165) is 70.6 Å². The summed E-state index contributed by atoms with van der Waals surface area (Å²) in [4.78, 5) is 34.5.